The molecule has 1 aromatic heterocycles. The molecule has 0 aliphatic carbocycles. The third kappa shape index (κ3) is 5.26. The van der Waals surface area contributed by atoms with Crippen LogP contribution in [0.15, 0.2) is 16.8 Å². The van der Waals surface area contributed by atoms with Crippen LogP contribution < -0.4 is 0 Å². The molecule has 0 radical (unpaired) electrons. The summed E-state index contributed by atoms with van der Waals surface area (Å²) in [6, 6.07) is 1.76. The fourth-order valence-electron chi connectivity index (χ4n) is 2.25. The Labute approximate surface area is 126 Å². The standard InChI is InChI=1S/C13H19O6PS/c1-2-11(10-5-6-21-8-10)20(18,19)7-9(13(16)17)3-4-12(14)15/h5-6,8-9,11H,2-4,7H2,1H3,(H,14,15)(H,16,17)(H,18,19). The maximum Gasteiger partial charge on any atom is 0.307 e. The van der Waals surface area contributed by atoms with Crippen LogP contribution in [-0.2, 0) is 14.2 Å². The van der Waals surface area contributed by atoms with Crippen LogP contribution in [0.3, 0.4) is 0 Å². The van der Waals surface area contributed by atoms with Crippen LogP contribution in [0, 0.1) is 5.92 Å². The molecule has 118 valence electrons. The largest absolute Gasteiger partial charge is 0.481 e. The minimum atomic E-state index is -3.73. The first-order valence-electron chi connectivity index (χ1n) is 6.56. The molecule has 1 aromatic rings. The summed E-state index contributed by atoms with van der Waals surface area (Å²) in [4.78, 5) is 32.0. The van der Waals surface area contributed by atoms with Crippen molar-refractivity contribution in [3.63, 3.8) is 0 Å². The second-order valence-electron chi connectivity index (χ2n) is 4.89. The Balaban J connectivity index is 2.86. The van der Waals surface area contributed by atoms with Gasteiger partial charge in [-0.05, 0) is 35.2 Å². The lowest BCUT2D eigenvalue weighted by molar-refractivity contribution is -0.142. The highest BCUT2D eigenvalue weighted by Gasteiger charge is 2.36. The van der Waals surface area contributed by atoms with Crippen LogP contribution in [0.5, 0.6) is 0 Å². The van der Waals surface area contributed by atoms with E-state index in [4.69, 9.17) is 10.2 Å². The fourth-order valence-corrected chi connectivity index (χ4v) is 5.49. The zero-order valence-corrected chi connectivity index (χ0v) is 13.3. The van der Waals surface area contributed by atoms with E-state index in [0.717, 1.165) is 5.56 Å². The van der Waals surface area contributed by atoms with Gasteiger partial charge in [0.1, 0.15) is 0 Å². The molecule has 0 saturated heterocycles. The van der Waals surface area contributed by atoms with E-state index in [1.165, 1.54) is 11.3 Å². The lowest BCUT2D eigenvalue weighted by Gasteiger charge is -2.24. The zero-order chi connectivity index (χ0) is 16.0. The molecule has 3 unspecified atom stereocenters. The Morgan fingerprint density at radius 1 is 1.38 bits per heavy atom. The van der Waals surface area contributed by atoms with Crippen molar-refractivity contribution in [2.24, 2.45) is 5.92 Å². The first-order valence-corrected chi connectivity index (χ1v) is 9.41. The van der Waals surface area contributed by atoms with Crippen LogP contribution in [0.4, 0.5) is 0 Å². The third-order valence-corrected chi connectivity index (χ3v) is 6.64. The maximum absolute atomic E-state index is 12.6. The zero-order valence-electron chi connectivity index (χ0n) is 11.6. The number of hydrogen-bond acceptors (Lipinski definition) is 4. The molecule has 1 rings (SSSR count). The normalized spacial score (nSPS) is 16.9. The quantitative estimate of drug-likeness (QED) is 0.598. The van der Waals surface area contributed by atoms with Gasteiger partial charge in [0.15, 0.2) is 0 Å². The van der Waals surface area contributed by atoms with Gasteiger partial charge in [-0.25, -0.2) is 0 Å². The van der Waals surface area contributed by atoms with Gasteiger partial charge in [-0.3, -0.25) is 14.2 Å². The Hall–Kier alpha value is -1.17. The second kappa shape index (κ2) is 7.73. The summed E-state index contributed by atoms with van der Waals surface area (Å²) in [5.41, 5.74) is 0.131. The van der Waals surface area contributed by atoms with Gasteiger partial charge in [-0.15, -0.1) is 0 Å². The average molecular weight is 334 g/mol. The summed E-state index contributed by atoms with van der Waals surface area (Å²) >= 11 is 1.41. The van der Waals surface area contributed by atoms with Crippen molar-refractivity contribution in [3.8, 4) is 0 Å². The van der Waals surface area contributed by atoms with E-state index in [9.17, 15) is 19.0 Å². The predicted octanol–water partition coefficient (Wildman–Crippen LogP) is 3.04. The van der Waals surface area contributed by atoms with Crippen molar-refractivity contribution in [1.29, 1.82) is 0 Å². The average Bonchev–Trinajstić information content (AvgIpc) is 2.88. The van der Waals surface area contributed by atoms with Crippen molar-refractivity contribution in [3.05, 3.63) is 22.4 Å². The topological polar surface area (TPSA) is 112 Å². The summed E-state index contributed by atoms with van der Waals surface area (Å²) in [5, 5.41) is 21.3. The Morgan fingerprint density at radius 2 is 2.05 bits per heavy atom. The van der Waals surface area contributed by atoms with Crippen molar-refractivity contribution in [2.45, 2.75) is 31.8 Å². The van der Waals surface area contributed by atoms with Crippen molar-refractivity contribution >= 4 is 30.6 Å². The molecule has 8 heteroatoms. The third-order valence-electron chi connectivity index (χ3n) is 3.34. The molecule has 1 heterocycles. The monoisotopic (exact) mass is 334 g/mol. The van der Waals surface area contributed by atoms with Crippen molar-refractivity contribution in [2.75, 3.05) is 6.16 Å². The van der Waals surface area contributed by atoms with E-state index < -0.39 is 37.0 Å². The minimum Gasteiger partial charge on any atom is -0.481 e. The van der Waals surface area contributed by atoms with E-state index in [2.05, 4.69) is 0 Å². The highest BCUT2D eigenvalue weighted by atomic mass is 32.1. The molecule has 21 heavy (non-hydrogen) atoms. The predicted molar refractivity (Wildman–Crippen MR) is 80.0 cm³/mol. The van der Waals surface area contributed by atoms with Gasteiger partial charge in [0.2, 0.25) is 7.37 Å². The lowest BCUT2D eigenvalue weighted by atomic mass is 10.1. The molecule has 0 aliphatic rings. The number of rotatable bonds is 9. The molecule has 0 saturated carbocycles. The molecule has 0 amide bonds. The van der Waals surface area contributed by atoms with Gasteiger partial charge in [0.25, 0.3) is 0 Å². The van der Waals surface area contributed by atoms with E-state index in [0.29, 0.717) is 6.42 Å². The number of carboxylic acid groups (broad SMARTS) is 2. The van der Waals surface area contributed by atoms with Gasteiger partial charge in [-0.1, -0.05) is 6.92 Å². The van der Waals surface area contributed by atoms with E-state index in [1.54, 1.807) is 23.8 Å². The molecular weight excluding hydrogens is 315 g/mol. The molecule has 0 bridgehead atoms. The summed E-state index contributed by atoms with van der Waals surface area (Å²) in [7, 11) is -3.73. The maximum atomic E-state index is 12.6. The van der Waals surface area contributed by atoms with Gasteiger partial charge >= 0.3 is 11.9 Å². The summed E-state index contributed by atoms with van der Waals surface area (Å²) < 4.78 is 12.6. The lowest BCUT2D eigenvalue weighted by Crippen LogP contribution is -2.20. The summed E-state index contributed by atoms with van der Waals surface area (Å²) in [6.45, 7) is 1.78. The van der Waals surface area contributed by atoms with E-state index in [-0.39, 0.29) is 12.8 Å². The molecule has 0 aliphatic heterocycles. The number of thiophene rings is 1. The number of carboxylic acids is 2. The minimum absolute atomic E-state index is 0.144. The molecule has 3 atom stereocenters. The number of carbonyl (C=O) groups is 2. The molecule has 6 nitrogen and oxygen atoms in total. The van der Waals surface area contributed by atoms with Crippen LogP contribution in [-0.4, -0.2) is 33.2 Å². The second-order valence-corrected chi connectivity index (χ2v) is 8.17. The first kappa shape index (κ1) is 17.9. The van der Waals surface area contributed by atoms with Gasteiger partial charge in [-0.2, -0.15) is 11.3 Å². The summed E-state index contributed by atoms with van der Waals surface area (Å²) in [6.07, 6.45) is -0.443. The SMILES string of the molecule is CCC(c1ccsc1)P(=O)(O)CC(CCC(=O)O)C(=O)O. The first-order chi connectivity index (χ1) is 9.77. The van der Waals surface area contributed by atoms with Crippen LogP contribution in [0.25, 0.3) is 0 Å². The van der Waals surface area contributed by atoms with Crippen LogP contribution >= 0.6 is 18.7 Å². The fraction of sp³-hybridized carbons (Fsp3) is 0.538. The van der Waals surface area contributed by atoms with Crippen molar-refractivity contribution < 1.29 is 29.3 Å². The van der Waals surface area contributed by atoms with Gasteiger partial charge in [0.05, 0.1) is 11.6 Å². The highest BCUT2D eigenvalue weighted by Crippen LogP contribution is 2.58. The molecule has 0 fully saturated rings. The van der Waals surface area contributed by atoms with E-state index in [1.807, 2.05) is 0 Å². The molecule has 3 N–H and O–H groups in total. The highest BCUT2D eigenvalue weighted by molar-refractivity contribution is 7.58. The Kier molecular flexibility index (Phi) is 6.58. The summed E-state index contributed by atoms with van der Waals surface area (Å²) in [5.74, 6) is -3.46. The molecule has 0 aromatic carbocycles. The van der Waals surface area contributed by atoms with Gasteiger partial charge in [0, 0.05) is 12.6 Å². The Bertz CT molecular complexity index is 527. The van der Waals surface area contributed by atoms with Crippen LogP contribution in [0.2, 0.25) is 0 Å². The molecular formula is C13H19O6PS. The number of hydrogen-bond donors (Lipinski definition) is 3. The smallest absolute Gasteiger partial charge is 0.307 e. The van der Waals surface area contributed by atoms with Gasteiger partial charge < -0.3 is 15.1 Å². The number of aliphatic carboxylic acids is 2. The Morgan fingerprint density at radius 3 is 2.48 bits per heavy atom. The van der Waals surface area contributed by atoms with Crippen molar-refractivity contribution in [1.82, 2.24) is 0 Å². The van der Waals surface area contributed by atoms with Crippen LogP contribution in [0.1, 0.15) is 37.4 Å². The molecule has 0 spiro atoms. The van der Waals surface area contributed by atoms with E-state index >= 15 is 0 Å².